The van der Waals surface area contributed by atoms with E-state index in [1.165, 1.54) is 54.8 Å². The number of nitrogens with zero attached hydrogens (tertiary/aromatic N) is 2. The van der Waals surface area contributed by atoms with Gasteiger partial charge in [-0.25, -0.2) is 4.57 Å². The minimum atomic E-state index is 1.23. The monoisotopic (exact) mass is 373 g/mol. The number of pyridine rings is 2. The van der Waals surface area contributed by atoms with Gasteiger partial charge in [-0.05, 0) is 59.0 Å². The Balaban J connectivity index is 1.80. The Hall–Kier alpha value is -3.65. The van der Waals surface area contributed by atoms with Crippen LogP contribution in [-0.2, 0) is 7.05 Å². The van der Waals surface area contributed by atoms with Gasteiger partial charge in [0.05, 0.1) is 11.0 Å². The van der Waals surface area contributed by atoms with Gasteiger partial charge in [-0.3, -0.25) is 0 Å². The number of aromatic nitrogens is 2. The van der Waals surface area contributed by atoms with Crippen LogP contribution in [0.15, 0.2) is 91.3 Å². The maximum atomic E-state index is 2.38. The summed E-state index contributed by atoms with van der Waals surface area (Å²) in [5.41, 5.74) is 6.33. The molecule has 3 aromatic carbocycles. The molecule has 0 atom stereocenters. The quantitative estimate of drug-likeness (QED) is 0.240. The Bertz CT molecular complexity index is 1570. The van der Waals surface area contributed by atoms with Crippen LogP contribution >= 0.6 is 0 Å². The Morgan fingerprint density at radius 2 is 1.55 bits per heavy atom. The van der Waals surface area contributed by atoms with Gasteiger partial charge in [0, 0.05) is 34.7 Å². The van der Waals surface area contributed by atoms with Gasteiger partial charge in [0.1, 0.15) is 7.05 Å². The van der Waals surface area contributed by atoms with E-state index in [9.17, 15) is 0 Å². The van der Waals surface area contributed by atoms with Gasteiger partial charge >= 0.3 is 0 Å². The zero-order chi connectivity index (χ0) is 19.5. The average molecular weight is 373 g/mol. The van der Waals surface area contributed by atoms with Crippen molar-refractivity contribution in [1.82, 2.24) is 4.40 Å². The minimum absolute atomic E-state index is 1.23. The van der Waals surface area contributed by atoms with Gasteiger partial charge in [0.15, 0.2) is 6.20 Å². The van der Waals surface area contributed by atoms with Crippen molar-refractivity contribution in [2.45, 2.75) is 6.92 Å². The third-order valence-electron chi connectivity index (χ3n) is 6.14. The summed E-state index contributed by atoms with van der Waals surface area (Å²) in [6.45, 7) is 2.21. The largest absolute Gasteiger partial charge is 0.316 e. The maximum absolute atomic E-state index is 2.38. The van der Waals surface area contributed by atoms with Crippen LogP contribution in [0.25, 0.3) is 49.2 Å². The van der Waals surface area contributed by atoms with Crippen molar-refractivity contribution < 1.29 is 4.57 Å². The summed E-state index contributed by atoms with van der Waals surface area (Å²) in [6, 6.07) is 28.7. The number of hydrogen-bond acceptors (Lipinski definition) is 0. The first kappa shape index (κ1) is 16.3. The smallest absolute Gasteiger partial charge is 0.212 e. The standard InChI is InChI=1S/C27H21N2/c1-18-15-20-11-10-19-12-14-29-24-8-4-3-7-21(24)16-26(29)27(19)23(20)17-22(18)25-9-5-6-13-28(25)2/h3-17H,1-2H3/q+1. The molecule has 2 nitrogen and oxygen atoms in total. The highest BCUT2D eigenvalue weighted by Gasteiger charge is 2.15. The second-order valence-electron chi connectivity index (χ2n) is 7.89. The molecule has 0 bridgehead atoms. The second kappa shape index (κ2) is 5.92. The molecule has 138 valence electrons. The van der Waals surface area contributed by atoms with E-state index in [0.717, 1.165) is 0 Å². The highest BCUT2D eigenvalue weighted by molar-refractivity contribution is 6.17. The molecule has 0 radical (unpaired) electrons. The summed E-state index contributed by atoms with van der Waals surface area (Å²) in [5.74, 6) is 0. The topological polar surface area (TPSA) is 8.29 Å². The van der Waals surface area contributed by atoms with Crippen LogP contribution < -0.4 is 4.57 Å². The van der Waals surface area contributed by atoms with E-state index >= 15 is 0 Å². The molecule has 0 saturated heterocycles. The lowest BCUT2D eigenvalue weighted by Gasteiger charge is -2.11. The van der Waals surface area contributed by atoms with Crippen LogP contribution in [0.4, 0.5) is 0 Å². The van der Waals surface area contributed by atoms with Gasteiger partial charge in [-0.1, -0.05) is 36.4 Å². The fourth-order valence-corrected chi connectivity index (χ4v) is 4.69. The molecular weight excluding hydrogens is 352 g/mol. The molecule has 6 rings (SSSR count). The third kappa shape index (κ3) is 2.32. The van der Waals surface area contributed by atoms with Crippen molar-refractivity contribution in [3.05, 3.63) is 96.8 Å². The first-order valence-corrected chi connectivity index (χ1v) is 10.0. The lowest BCUT2D eigenvalue weighted by atomic mass is 9.95. The summed E-state index contributed by atoms with van der Waals surface area (Å²) >= 11 is 0. The maximum Gasteiger partial charge on any atom is 0.212 e. The van der Waals surface area contributed by atoms with E-state index < -0.39 is 0 Å². The fourth-order valence-electron chi connectivity index (χ4n) is 4.69. The highest BCUT2D eigenvalue weighted by Crippen LogP contribution is 2.35. The number of hydrogen-bond donors (Lipinski definition) is 0. The molecular formula is C27H21N2+. The molecule has 0 aliphatic heterocycles. The molecule has 0 fully saturated rings. The number of aryl methyl sites for hydroxylation is 2. The number of para-hydroxylation sites is 1. The Morgan fingerprint density at radius 1 is 0.724 bits per heavy atom. The third-order valence-corrected chi connectivity index (χ3v) is 6.14. The summed E-state index contributed by atoms with van der Waals surface area (Å²) in [5, 5.41) is 6.47. The average Bonchev–Trinajstić information content (AvgIpc) is 3.12. The zero-order valence-corrected chi connectivity index (χ0v) is 16.6. The van der Waals surface area contributed by atoms with Crippen LogP contribution in [0.5, 0.6) is 0 Å². The van der Waals surface area contributed by atoms with E-state index in [2.05, 4.69) is 114 Å². The lowest BCUT2D eigenvalue weighted by Crippen LogP contribution is -2.30. The van der Waals surface area contributed by atoms with Crippen molar-refractivity contribution in [2.75, 3.05) is 0 Å². The predicted molar refractivity (Wildman–Crippen MR) is 121 cm³/mol. The van der Waals surface area contributed by atoms with Gasteiger partial charge in [0.2, 0.25) is 5.69 Å². The number of fused-ring (bicyclic) bond motifs is 7. The Kier molecular flexibility index (Phi) is 3.33. The summed E-state index contributed by atoms with van der Waals surface area (Å²) in [4.78, 5) is 0. The van der Waals surface area contributed by atoms with Crippen LogP contribution in [0.3, 0.4) is 0 Å². The van der Waals surface area contributed by atoms with Gasteiger partial charge in [-0.15, -0.1) is 0 Å². The normalized spacial score (nSPS) is 11.8. The van der Waals surface area contributed by atoms with E-state index in [0.29, 0.717) is 0 Å². The predicted octanol–water partition coefficient (Wildman–Crippen LogP) is 6.20. The van der Waals surface area contributed by atoms with Crippen molar-refractivity contribution >= 4 is 38.0 Å². The van der Waals surface area contributed by atoms with Crippen LogP contribution in [0.1, 0.15) is 5.56 Å². The van der Waals surface area contributed by atoms with Crippen molar-refractivity contribution in [1.29, 1.82) is 0 Å². The molecule has 3 aromatic heterocycles. The van der Waals surface area contributed by atoms with Gasteiger partial charge < -0.3 is 4.40 Å². The first-order valence-electron chi connectivity index (χ1n) is 10.0. The Morgan fingerprint density at radius 3 is 2.45 bits per heavy atom. The zero-order valence-electron chi connectivity index (χ0n) is 16.6. The van der Waals surface area contributed by atoms with E-state index in [-0.39, 0.29) is 0 Å². The fraction of sp³-hybridized carbons (Fsp3) is 0.0741. The van der Waals surface area contributed by atoms with Gasteiger partial charge in [-0.2, -0.15) is 0 Å². The summed E-state index contributed by atoms with van der Waals surface area (Å²) < 4.78 is 4.51. The molecule has 0 aliphatic rings. The summed E-state index contributed by atoms with van der Waals surface area (Å²) in [6.07, 6.45) is 4.30. The Labute approximate surface area is 169 Å². The second-order valence-corrected chi connectivity index (χ2v) is 7.89. The van der Waals surface area contributed by atoms with Crippen molar-refractivity contribution in [3.63, 3.8) is 0 Å². The molecule has 3 heterocycles. The minimum Gasteiger partial charge on any atom is -0.316 e. The lowest BCUT2D eigenvalue weighted by molar-refractivity contribution is -0.660. The molecule has 0 aliphatic carbocycles. The molecule has 0 saturated carbocycles. The van der Waals surface area contributed by atoms with E-state index in [4.69, 9.17) is 0 Å². The molecule has 0 unspecified atom stereocenters. The van der Waals surface area contributed by atoms with Gasteiger partial charge in [0.25, 0.3) is 0 Å². The number of rotatable bonds is 1. The SMILES string of the molecule is Cc1cc2ccc3ccn4c5ccccc5cc4c3c2cc1-c1cccc[n+]1C. The number of benzene rings is 3. The molecule has 0 amide bonds. The molecule has 0 N–H and O–H groups in total. The highest BCUT2D eigenvalue weighted by atomic mass is 14.9. The van der Waals surface area contributed by atoms with Crippen molar-refractivity contribution in [2.24, 2.45) is 7.05 Å². The summed E-state index contributed by atoms with van der Waals surface area (Å²) in [7, 11) is 2.11. The van der Waals surface area contributed by atoms with Crippen LogP contribution in [0, 0.1) is 6.92 Å². The molecule has 6 aromatic rings. The molecule has 0 spiro atoms. The molecule has 29 heavy (non-hydrogen) atoms. The van der Waals surface area contributed by atoms with Crippen LogP contribution in [0.2, 0.25) is 0 Å². The first-order chi connectivity index (χ1) is 14.2. The van der Waals surface area contributed by atoms with E-state index in [1.807, 2.05) is 0 Å². The van der Waals surface area contributed by atoms with Crippen molar-refractivity contribution in [3.8, 4) is 11.3 Å². The van der Waals surface area contributed by atoms with Crippen LogP contribution in [-0.4, -0.2) is 4.40 Å². The van der Waals surface area contributed by atoms with E-state index in [1.54, 1.807) is 0 Å². The molecule has 2 heteroatoms.